The molecule has 21 heavy (non-hydrogen) atoms. The summed E-state index contributed by atoms with van der Waals surface area (Å²) in [5.41, 5.74) is 9.11. The van der Waals surface area contributed by atoms with Crippen LogP contribution in [0.3, 0.4) is 0 Å². The fraction of sp³-hybridized carbons (Fsp3) is 0.133. The quantitative estimate of drug-likeness (QED) is 0.643. The molecule has 0 amide bonds. The summed E-state index contributed by atoms with van der Waals surface area (Å²) in [4.78, 5) is 4.51. The van der Waals surface area contributed by atoms with E-state index < -0.39 is 0 Å². The zero-order valence-electron chi connectivity index (χ0n) is 11.2. The molecule has 2 aromatic carbocycles. The second-order valence-corrected chi connectivity index (χ2v) is 6.21. The van der Waals surface area contributed by atoms with E-state index in [9.17, 15) is 0 Å². The Morgan fingerprint density at radius 1 is 1.24 bits per heavy atom. The first kappa shape index (κ1) is 14.4. The number of rotatable bonds is 3. The van der Waals surface area contributed by atoms with E-state index in [1.807, 2.05) is 30.3 Å². The van der Waals surface area contributed by atoms with Gasteiger partial charge < -0.3 is 14.9 Å². The molecule has 0 aliphatic heterocycles. The SMILES string of the molecule is COc1ccc(Cc2nc3c(Br)c(N)c(Br)cc3o2)cc1. The molecule has 1 heterocycles. The van der Waals surface area contributed by atoms with E-state index in [1.54, 1.807) is 7.11 Å². The van der Waals surface area contributed by atoms with Crippen LogP contribution in [-0.4, -0.2) is 12.1 Å². The van der Waals surface area contributed by atoms with Crippen molar-refractivity contribution in [2.45, 2.75) is 6.42 Å². The lowest BCUT2D eigenvalue weighted by molar-refractivity contribution is 0.414. The Bertz CT molecular complexity index is 798. The van der Waals surface area contributed by atoms with Crippen LogP contribution in [0, 0.1) is 0 Å². The maximum Gasteiger partial charge on any atom is 0.199 e. The summed E-state index contributed by atoms with van der Waals surface area (Å²) in [7, 11) is 1.65. The van der Waals surface area contributed by atoms with Gasteiger partial charge in [0.25, 0.3) is 0 Å². The van der Waals surface area contributed by atoms with Crippen molar-refractivity contribution in [1.82, 2.24) is 4.98 Å². The Kier molecular flexibility index (Phi) is 3.91. The summed E-state index contributed by atoms with van der Waals surface area (Å²) in [6.07, 6.45) is 0.614. The van der Waals surface area contributed by atoms with Crippen LogP contribution in [0.15, 0.2) is 43.7 Å². The van der Waals surface area contributed by atoms with Crippen molar-refractivity contribution in [3.8, 4) is 5.75 Å². The minimum Gasteiger partial charge on any atom is -0.497 e. The lowest BCUT2D eigenvalue weighted by Crippen LogP contribution is -1.90. The average molecular weight is 412 g/mol. The van der Waals surface area contributed by atoms with Crippen molar-refractivity contribution in [3.05, 3.63) is 50.7 Å². The van der Waals surface area contributed by atoms with E-state index in [-0.39, 0.29) is 0 Å². The molecule has 0 saturated heterocycles. The zero-order chi connectivity index (χ0) is 15.0. The predicted molar refractivity (Wildman–Crippen MR) is 89.6 cm³/mol. The van der Waals surface area contributed by atoms with Crippen molar-refractivity contribution in [2.24, 2.45) is 0 Å². The first-order valence-electron chi connectivity index (χ1n) is 6.24. The summed E-state index contributed by atoms with van der Waals surface area (Å²) in [5, 5.41) is 0. The molecule has 3 rings (SSSR count). The molecule has 6 heteroatoms. The number of hydrogen-bond acceptors (Lipinski definition) is 4. The summed E-state index contributed by atoms with van der Waals surface area (Å²) < 4.78 is 12.5. The van der Waals surface area contributed by atoms with Crippen LogP contribution >= 0.6 is 31.9 Å². The summed E-state index contributed by atoms with van der Waals surface area (Å²) >= 11 is 6.86. The molecule has 3 aromatic rings. The van der Waals surface area contributed by atoms with Gasteiger partial charge in [-0.1, -0.05) is 12.1 Å². The Morgan fingerprint density at radius 2 is 1.95 bits per heavy atom. The van der Waals surface area contributed by atoms with Gasteiger partial charge in [-0.3, -0.25) is 0 Å². The van der Waals surface area contributed by atoms with Crippen LogP contribution in [0.4, 0.5) is 5.69 Å². The number of aromatic nitrogens is 1. The van der Waals surface area contributed by atoms with Crippen molar-refractivity contribution >= 4 is 48.6 Å². The Balaban J connectivity index is 1.95. The number of fused-ring (bicyclic) bond motifs is 1. The average Bonchev–Trinajstić information content (AvgIpc) is 2.88. The van der Waals surface area contributed by atoms with Crippen LogP contribution < -0.4 is 10.5 Å². The Labute approximate surface area is 138 Å². The smallest absolute Gasteiger partial charge is 0.199 e. The third-order valence-corrected chi connectivity index (χ3v) is 4.63. The first-order valence-corrected chi connectivity index (χ1v) is 7.83. The third kappa shape index (κ3) is 2.78. The molecular weight excluding hydrogens is 400 g/mol. The molecule has 108 valence electrons. The molecule has 0 saturated carbocycles. The number of nitrogen functional groups attached to an aromatic ring is 1. The summed E-state index contributed by atoms with van der Waals surface area (Å²) in [5.74, 6) is 1.48. The van der Waals surface area contributed by atoms with Gasteiger partial charge >= 0.3 is 0 Å². The summed E-state index contributed by atoms with van der Waals surface area (Å²) in [6, 6.07) is 9.66. The van der Waals surface area contributed by atoms with Crippen molar-refractivity contribution < 1.29 is 9.15 Å². The second kappa shape index (κ2) is 5.69. The van der Waals surface area contributed by atoms with Crippen molar-refractivity contribution in [2.75, 3.05) is 12.8 Å². The van der Waals surface area contributed by atoms with E-state index in [2.05, 4.69) is 36.8 Å². The molecule has 0 aliphatic carbocycles. The van der Waals surface area contributed by atoms with Gasteiger partial charge in [0.2, 0.25) is 0 Å². The lowest BCUT2D eigenvalue weighted by Gasteiger charge is -2.00. The van der Waals surface area contributed by atoms with Crippen LogP contribution in [-0.2, 0) is 6.42 Å². The fourth-order valence-corrected chi connectivity index (χ4v) is 3.22. The van der Waals surface area contributed by atoms with Gasteiger partial charge in [0.15, 0.2) is 11.5 Å². The van der Waals surface area contributed by atoms with Gasteiger partial charge in [0, 0.05) is 10.9 Å². The molecule has 0 unspecified atom stereocenters. The molecule has 0 atom stereocenters. The van der Waals surface area contributed by atoms with E-state index in [0.29, 0.717) is 23.6 Å². The molecule has 0 radical (unpaired) electrons. The highest BCUT2D eigenvalue weighted by Gasteiger charge is 2.14. The lowest BCUT2D eigenvalue weighted by atomic mass is 10.1. The number of nitrogens with two attached hydrogens (primary N) is 1. The van der Waals surface area contributed by atoms with Gasteiger partial charge in [-0.25, -0.2) is 4.98 Å². The molecule has 4 nitrogen and oxygen atoms in total. The third-order valence-electron chi connectivity index (χ3n) is 3.17. The molecule has 2 N–H and O–H groups in total. The number of benzene rings is 2. The van der Waals surface area contributed by atoms with E-state index in [0.717, 1.165) is 25.8 Å². The van der Waals surface area contributed by atoms with E-state index in [1.165, 1.54) is 0 Å². The number of oxazole rings is 1. The second-order valence-electron chi connectivity index (χ2n) is 4.57. The topological polar surface area (TPSA) is 61.3 Å². The van der Waals surface area contributed by atoms with Crippen LogP contribution in [0.25, 0.3) is 11.1 Å². The molecule has 0 bridgehead atoms. The molecule has 0 spiro atoms. The minimum absolute atomic E-state index is 0.614. The van der Waals surface area contributed by atoms with Crippen LogP contribution in [0.5, 0.6) is 5.75 Å². The normalized spacial score (nSPS) is 11.0. The molecule has 0 fully saturated rings. The highest BCUT2D eigenvalue weighted by atomic mass is 79.9. The van der Waals surface area contributed by atoms with E-state index >= 15 is 0 Å². The maximum atomic E-state index is 5.95. The largest absolute Gasteiger partial charge is 0.497 e. The number of hydrogen-bond donors (Lipinski definition) is 1. The Morgan fingerprint density at radius 3 is 2.62 bits per heavy atom. The number of methoxy groups -OCH3 is 1. The number of anilines is 1. The van der Waals surface area contributed by atoms with Crippen molar-refractivity contribution in [3.63, 3.8) is 0 Å². The van der Waals surface area contributed by atoms with Crippen LogP contribution in [0.1, 0.15) is 11.5 Å². The first-order chi connectivity index (χ1) is 10.1. The van der Waals surface area contributed by atoms with Gasteiger partial charge in [-0.05, 0) is 55.6 Å². The zero-order valence-corrected chi connectivity index (χ0v) is 14.4. The minimum atomic E-state index is 0.614. The highest BCUT2D eigenvalue weighted by Crippen LogP contribution is 2.35. The highest BCUT2D eigenvalue weighted by molar-refractivity contribution is 9.11. The number of nitrogens with zero attached hydrogens (tertiary/aromatic N) is 1. The Hall–Kier alpha value is -1.53. The number of ether oxygens (including phenoxy) is 1. The summed E-state index contributed by atoms with van der Waals surface area (Å²) in [6.45, 7) is 0. The maximum absolute atomic E-state index is 5.95. The van der Waals surface area contributed by atoms with Gasteiger partial charge in [0.05, 0.1) is 17.3 Å². The van der Waals surface area contributed by atoms with Crippen molar-refractivity contribution in [1.29, 1.82) is 0 Å². The molecule has 1 aromatic heterocycles. The van der Waals surface area contributed by atoms with Gasteiger partial charge in [0.1, 0.15) is 11.3 Å². The molecular formula is C15H12Br2N2O2. The van der Waals surface area contributed by atoms with E-state index in [4.69, 9.17) is 14.9 Å². The number of halogens is 2. The van der Waals surface area contributed by atoms with Gasteiger partial charge in [-0.15, -0.1) is 0 Å². The molecule has 0 aliphatic rings. The van der Waals surface area contributed by atoms with Gasteiger partial charge in [-0.2, -0.15) is 0 Å². The standard InChI is InChI=1S/C15H12Br2N2O2/c1-20-9-4-2-8(3-5-9)6-12-19-15-11(21-12)7-10(16)14(18)13(15)17/h2-5,7H,6,18H2,1H3. The predicted octanol–water partition coefficient (Wildman–Crippen LogP) is 4.53. The fourth-order valence-electron chi connectivity index (χ4n) is 2.05. The monoisotopic (exact) mass is 410 g/mol. The van der Waals surface area contributed by atoms with Crippen LogP contribution in [0.2, 0.25) is 0 Å².